The zero-order valence-corrected chi connectivity index (χ0v) is 14.5. The first-order valence-corrected chi connectivity index (χ1v) is 8.31. The van der Waals surface area contributed by atoms with Gasteiger partial charge in [0.05, 0.1) is 0 Å². The third-order valence-corrected chi connectivity index (χ3v) is 4.29. The fourth-order valence-electron chi connectivity index (χ4n) is 2.61. The van der Waals surface area contributed by atoms with Crippen molar-refractivity contribution in [2.45, 2.75) is 26.7 Å². The molecule has 0 unspecified atom stereocenters. The molecule has 0 aromatic heterocycles. The number of hydrogen-bond donors (Lipinski definition) is 1. The molecular formula is C20H19ClN2O. The predicted molar refractivity (Wildman–Crippen MR) is 99.2 cm³/mol. The molecule has 2 aromatic rings. The molecule has 0 bridgehead atoms. The number of hydrogen-bond acceptors (Lipinski definition) is 2. The summed E-state index contributed by atoms with van der Waals surface area (Å²) in [7, 11) is 0. The van der Waals surface area contributed by atoms with E-state index in [4.69, 9.17) is 11.6 Å². The molecule has 0 saturated heterocycles. The van der Waals surface area contributed by atoms with Gasteiger partial charge < -0.3 is 5.32 Å². The van der Waals surface area contributed by atoms with E-state index in [1.54, 1.807) is 0 Å². The summed E-state index contributed by atoms with van der Waals surface area (Å²) >= 11 is 5.89. The van der Waals surface area contributed by atoms with Crippen LogP contribution in [-0.2, 0) is 11.2 Å². The molecular weight excluding hydrogens is 320 g/mol. The molecule has 4 heteroatoms. The summed E-state index contributed by atoms with van der Waals surface area (Å²) in [6, 6.07) is 13.9. The van der Waals surface area contributed by atoms with Crippen LogP contribution < -0.4 is 5.32 Å². The van der Waals surface area contributed by atoms with Crippen molar-refractivity contribution in [3.05, 3.63) is 75.4 Å². The Morgan fingerprint density at radius 2 is 1.83 bits per heavy atom. The molecule has 0 saturated carbocycles. The van der Waals surface area contributed by atoms with Gasteiger partial charge in [-0.15, -0.1) is 0 Å². The lowest BCUT2D eigenvalue weighted by molar-refractivity contribution is -0.115. The second kappa shape index (κ2) is 7.02. The number of carbonyl (C=O) groups is 1. The molecule has 3 rings (SSSR count). The van der Waals surface area contributed by atoms with Crippen LogP contribution in [0.4, 0.5) is 0 Å². The van der Waals surface area contributed by atoms with Crippen LogP contribution in [0.2, 0.25) is 5.02 Å². The van der Waals surface area contributed by atoms with Crippen molar-refractivity contribution < 1.29 is 4.79 Å². The van der Waals surface area contributed by atoms with Crippen LogP contribution in [0.25, 0.3) is 6.08 Å². The second-order valence-corrected chi connectivity index (χ2v) is 6.47. The Hall–Kier alpha value is -2.39. The topological polar surface area (TPSA) is 41.5 Å². The molecule has 0 radical (unpaired) electrons. The first-order chi connectivity index (χ1) is 11.5. The Labute approximate surface area is 147 Å². The third-order valence-electron chi connectivity index (χ3n) is 4.04. The molecule has 122 valence electrons. The quantitative estimate of drug-likeness (QED) is 0.822. The molecule has 3 nitrogen and oxygen atoms in total. The third kappa shape index (κ3) is 3.92. The van der Waals surface area contributed by atoms with E-state index in [1.165, 1.54) is 5.56 Å². The molecule has 1 amide bonds. The van der Waals surface area contributed by atoms with Crippen LogP contribution in [0, 0.1) is 13.8 Å². The number of rotatable bonds is 4. The molecule has 0 spiro atoms. The first kappa shape index (κ1) is 16.5. The number of nitrogens with one attached hydrogen (secondary N) is 1. The maximum atomic E-state index is 12.1. The number of aliphatic imine (C=N–C) groups is 1. The van der Waals surface area contributed by atoms with Crippen LogP contribution in [0.3, 0.4) is 0 Å². The SMILES string of the molecule is Cc1ccc(C)c(/C=C2/N=C(CCc3ccc(Cl)cc3)NC2=O)c1. The van der Waals surface area contributed by atoms with Gasteiger partial charge in [0.1, 0.15) is 11.5 Å². The Bertz CT molecular complexity index is 835. The van der Waals surface area contributed by atoms with Crippen molar-refractivity contribution in [1.82, 2.24) is 5.32 Å². The smallest absolute Gasteiger partial charge is 0.275 e. The lowest BCUT2D eigenvalue weighted by atomic mass is 10.0. The summed E-state index contributed by atoms with van der Waals surface area (Å²) in [5.74, 6) is 0.577. The summed E-state index contributed by atoms with van der Waals surface area (Å²) in [6.07, 6.45) is 3.36. The molecule has 1 aliphatic heterocycles. The van der Waals surface area contributed by atoms with E-state index in [9.17, 15) is 4.79 Å². The molecule has 24 heavy (non-hydrogen) atoms. The summed E-state index contributed by atoms with van der Waals surface area (Å²) in [5.41, 5.74) is 4.96. The van der Waals surface area contributed by atoms with E-state index in [0.717, 1.165) is 28.1 Å². The number of amidine groups is 1. The minimum Gasteiger partial charge on any atom is -0.309 e. The van der Waals surface area contributed by atoms with Gasteiger partial charge in [0.2, 0.25) is 0 Å². The summed E-state index contributed by atoms with van der Waals surface area (Å²) in [5, 5.41) is 3.58. The molecule has 1 N–H and O–H groups in total. The number of aryl methyl sites for hydroxylation is 3. The predicted octanol–water partition coefficient (Wildman–Crippen LogP) is 4.46. The number of amides is 1. The molecule has 0 atom stereocenters. The average Bonchev–Trinajstić information content (AvgIpc) is 2.90. The Balaban J connectivity index is 1.74. The van der Waals surface area contributed by atoms with Gasteiger partial charge in [0, 0.05) is 11.4 Å². The van der Waals surface area contributed by atoms with E-state index in [2.05, 4.69) is 28.5 Å². The summed E-state index contributed by atoms with van der Waals surface area (Å²) in [4.78, 5) is 16.6. The Kier molecular flexibility index (Phi) is 4.81. The fourth-order valence-corrected chi connectivity index (χ4v) is 2.74. The van der Waals surface area contributed by atoms with Crippen molar-refractivity contribution in [2.24, 2.45) is 4.99 Å². The number of benzene rings is 2. The van der Waals surface area contributed by atoms with Crippen molar-refractivity contribution in [2.75, 3.05) is 0 Å². The van der Waals surface area contributed by atoms with Gasteiger partial charge in [-0.3, -0.25) is 4.79 Å². The van der Waals surface area contributed by atoms with Crippen molar-refractivity contribution in [3.63, 3.8) is 0 Å². The molecule has 1 heterocycles. The van der Waals surface area contributed by atoms with E-state index in [0.29, 0.717) is 18.0 Å². The van der Waals surface area contributed by atoms with Crippen LogP contribution in [-0.4, -0.2) is 11.7 Å². The lowest BCUT2D eigenvalue weighted by Crippen LogP contribution is -2.24. The van der Waals surface area contributed by atoms with E-state index < -0.39 is 0 Å². The normalized spacial score (nSPS) is 15.5. The molecule has 2 aromatic carbocycles. The van der Waals surface area contributed by atoms with Crippen LogP contribution in [0.1, 0.15) is 28.7 Å². The van der Waals surface area contributed by atoms with Crippen LogP contribution >= 0.6 is 11.6 Å². The van der Waals surface area contributed by atoms with Gasteiger partial charge in [-0.1, -0.05) is 47.5 Å². The Morgan fingerprint density at radius 3 is 2.58 bits per heavy atom. The average molecular weight is 339 g/mol. The highest BCUT2D eigenvalue weighted by Crippen LogP contribution is 2.18. The van der Waals surface area contributed by atoms with Crippen molar-refractivity contribution >= 4 is 29.4 Å². The number of carbonyl (C=O) groups excluding carboxylic acids is 1. The van der Waals surface area contributed by atoms with E-state index in [1.807, 2.05) is 44.2 Å². The Morgan fingerprint density at radius 1 is 1.08 bits per heavy atom. The first-order valence-electron chi connectivity index (χ1n) is 7.93. The zero-order valence-electron chi connectivity index (χ0n) is 13.8. The van der Waals surface area contributed by atoms with Gasteiger partial charge in [-0.2, -0.15) is 0 Å². The van der Waals surface area contributed by atoms with Gasteiger partial charge in [0.15, 0.2) is 0 Å². The van der Waals surface area contributed by atoms with Crippen LogP contribution in [0.5, 0.6) is 0 Å². The molecule has 0 aliphatic carbocycles. The minimum absolute atomic E-state index is 0.137. The lowest BCUT2D eigenvalue weighted by Gasteiger charge is -2.02. The largest absolute Gasteiger partial charge is 0.309 e. The monoisotopic (exact) mass is 338 g/mol. The van der Waals surface area contributed by atoms with Gasteiger partial charge in [0.25, 0.3) is 5.91 Å². The molecule has 0 fully saturated rings. The number of halogens is 1. The van der Waals surface area contributed by atoms with Crippen LogP contribution in [0.15, 0.2) is 53.2 Å². The van der Waals surface area contributed by atoms with Gasteiger partial charge >= 0.3 is 0 Å². The summed E-state index contributed by atoms with van der Waals surface area (Å²) < 4.78 is 0. The second-order valence-electron chi connectivity index (χ2n) is 6.03. The van der Waals surface area contributed by atoms with Crippen molar-refractivity contribution in [1.29, 1.82) is 0 Å². The highest BCUT2D eigenvalue weighted by molar-refractivity contribution is 6.30. The standard InChI is InChI=1S/C20H19ClN2O/c1-13-3-4-14(2)16(11-13)12-18-20(24)23-19(22-18)10-7-15-5-8-17(21)9-6-15/h3-6,8-9,11-12H,7,10H2,1-2H3,(H,22,23,24)/b18-12+. The minimum atomic E-state index is -0.137. The maximum absolute atomic E-state index is 12.1. The zero-order chi connectivity index (χ0) is 17.1. The van der Waals surface area contributed by atoms with Gasteiger partial charge in [-0.05, 0) is 55.2 Å². The summed E-state index contributed by atoms with van der Waals surface area (Å²) in [6.45, 7) is 4.07. The number of nitrogens with zero attached hydrogens (tertiary/aromatic N) is 1. The highest BCUT2D eigenvalue weighted by atomic mass is 35.5. The highest BCUT2D eigenvalue weighted by Gasteiger charge is 2.19. The molecule has 1 aliphatic rings. The van der Waals surface area contributed by atoms with E-state index >= 15 is 0 Å². The van der Waals surface area contributed by atoms with E-state index in [-0.39, 0.29) is 5.91 Å². The maximum Gasteiger partial charge on any atom is 0.275 e. The van der Waals surface area contributed by atoms with Crippen molar-refractivity contribution in [3.8, 4) is 0 Å². The van der Waals surface area contributed by atoms with Gasteiger partial charge in [-0.25, -0.2) is 4.99 Å². The fraction of sp³-hybridized carbons (Fsp3) is 0.200.